The predicted octanol–water partition coefficient (Wildman–Crippen LogP) is 1.71. The molecule has 2 heterocycles. The van der Waals surface area contributed by atoms with E-state index in [2.05, 4.69) is 20.8 Å². The van der Waals surface area contributed by atoms with Crippen LogP contribution >= 0.6 is 0 Å². The van der Waals surface area contributed by atoms with Gasteiger partial charge in [-0.15, -0.1) is 5.10 Å². The Labute approximate surface area is 179 Å². The highest BCUT2D eigenvalue weighted by atomic mass is 32.2. The SMILES string of the molecule is C[C@@H]1CN(S(=O)(=O)c2ccc(C(=O)Nc3cccc(-n4cnnn4)c3)cc2)C[C@@H](C)O1. The van der Waals surface area contributed by atoms with Crippen LogP contribution in [-0.4, -0.2) is 64.1 Å². The van der Waals surface area contributed by atoms with Crippen LogP contribution < -0.4 is 5.32 Å². The normalized spacial score (nSPS) is 19.8. The van der Waals surface area contributed by atoms with Crippen LogP contribution in [0, 0.1) is 0 Å². The van der Waals surface area contributed by atoms with Crippen molar-refractivity contribution < 1.29 is 17.9 Å². The van der Waals surface area contributed by atoms with E-state index in [0.29, 0.717) is 30.0 Å². The molecule has 0 unspecified atom stereocenters. The van der Waals surface area contributed by atoms with Gasteiger partial charge in [0.05, 0.1) is 22.8 Å². The number of benzene rings is 2. The van der Waals surface area contributed by atoms with E-state index in [1.165, 1.54) is 39.6 Å². The zero-order valence-corrected chi connectivity index (χ0v) is 17.9. The minimum Gasteiger partial charge on any atom is -0.373 e. The number of nitrogens with zero attached hydrogens (tertiary/aromatic N) is 5. The number of morpholine rings is 1. The summed E-state index contributed by atoms with van der Waals surface area (Å²) in [5.41, 5.74) is 1.60. The number of ether oxygens (including phenoxy) is 1. The molecular weight excluding hydrogens is 420 g/mol. The molecule has 4 rings (SSSR count). The Hall–Kier alpha value is -3.15. The van der Waals surface area contributed by atoms with Crippen molar-refractivity contribution in [1.82, 2.24) is 24.5 Å². The standard InChI is InChI=1S/C20H22N6O4S/c1-14-11-25(12-15(2)30-14)31(28,29)19-8-6-16(7-9-19)20(27)22-17-4-3-5-18(10-17)26-13-21-23-24-26/h3-10,13-15H,11-12H2,1-2H3,(H,22,27)/t14-,15-/m1/s1. The lowest BCUT2D eigenvalue weighted by atomic mass is 10.2. The van der Waals surface area contributed by atoms with E-state index in [-0.39, 0.29) is 23.0 Å². The summed E-state index contributed by atoms with van der Waals surface area (Å²) in [7, 11) is -3.66. The number of anilines is 1. The van der Waals surface area contributed by atoms with Gasteiger partial charge in [-0.25, -0.2) is 13.1 Å². The van der Waals surface area contributed by atoms with E-state index in [1.54, 1.807) is 24.3 Å². The number of aromatic nitrogens is 4. The molecule has 1 aliphatic rings. The number of hydrogen-bond donors (Lipinski definition) is 1. The number of rotatable bonds is 5. The number of nitrogens with one attached hydrogen (secondary N) is 1. The van der Waals surface area contributed by atoms with Crippen LogP contribution in [0.2, 0.25) is 0 Å². The van der Waals surface area contributed by atoms with Crippen LogP contribution in [0.15, 0.2) is 59.8 Å². The Morgan fingerprint density at radius 2 is 1.81 bits per heavy atom. The summed E-state index contributed by atoms with van der Waals surface area (Å²) in [6.45, 7) is 4.29. The molecule has 1 fully saturated rings. The fourth-order valence-corrected chi connectivity index (χ4v) is 5.05. The van der Waals surface area contributed by atoms with Crippen molar-refractivity contribution in [3.8, 4) is 5.69 Å². The van der Waals surface area contributed by atoms with Gasteiger partial charge in [0, 0.05) is 24.3 Å². The second kappa shape index (κ2) is 8.53. The van der Waals surface area contributed by atoms with Crippen LogP contribution in [0.25, 0.3) is 5.69 Å². The van der Waals surface area contributed by atoms with Gasteiger partial charge in [0.1, 0.15) is 6.33 Å². The Morgan fingerprint density at radius 3 is 2.45 bits per heavy atom. The lowest BCUT2D eigenvalue weighted by molar-refractivity contribution is -0.0440. The first-order chi connectivity index (χ1) is 14.8. The summed E-state index contributed by atoms with van der Waals surface area (Å²) in [6.07, 6.45) is 1.11. The number of carbonyl (C=O) groups is 1. The Bertz CT molecular complexity index is 1150. The monoisotopic (exact) mass is 442 g/mol. The molecule has 0 radical (unpaired) electrons. The molecule has 2 atom stereocenters. The third kappa shape index (κ3) is 4.63. The van der Waals surface area contributed by atoms with Crippen molar-refractivity contribution >= 4 is 21.6 Å². The maximum atomic E-state index is 13.0. The molecule has 0 spiro atoms. The van der Waals surface area contributed by atoms with Crippen LogP contribution in [-0.2, 0) is 14.8 Å². The lowest BCUT2D eigenvalue weighted by Crippen LogP contribution is -2.48. The summed E-state index contributed by atoms with van der Waals surface area (Å²) in [5, 5.41) is 13.8. The first-order valence-corrected chi connectivity index (χ1v) is 11.2. The molecule has 11 heteroatoms. The molecule has 1 aromatic heterocycles. The van der Waals surface area contributed by atoms with Gasteiger partial charge in [0.2, 0.25) is 10.0 Å². The van der Waals surface area contributed by atoms with Crippen molar-refractivity contribution in [1.29, 1.82) is 0 Å². The molecular formula is C20H22N6O4S. The molecule has 0 aliphatic carbocycles. The topological polar surface area (TPSA) is 119 Å². The molecule has 0 saturated carbocycles. The van der Waals surface area contributed by atoms with Crippen molar-refractivity contribution in [3.63, 3.8) is 0 Å². The second-order valence-electron chi connectivity index (χ2n) is 7.36. The zero-order chi connectivity index (χ0) is 22.0. The minimum absolute atomic E-state index is 0.144. The van der Waals surface area contributed by atoms with Gasteiger partial charge in [0.25, 0.3) is 5.91 Å². The fraction of sp³-hybridized carbons (Fsp3) is 0.300. The lowest BCUT2D eigenvalue weighted by Gasteiger charge is -2.34. The summed E-state index contributed by atoms with van der Waals surface area (Å²) >= 11 is 0. The van der Waals surface area contributed by atoms with Gasteiger partial charge >= 0.3 is 0 Å². The van der Waals surface area contributed by atoms with E-state index >= 15 is 0 Å². The fourth-order valence-electron chi connectivity index (χ4n) is 3.46. The summed E-state index contributed by atoms with van der Waals surface area (Å²) in [4.78, 5) is 12.8. The molecule has 162 valence electrons. The van der Waals surface area contributed by atoms with Gasteiger partial charge < -0.3 is 10.1 Å². The van der Waals surface area contributed by atoms with Crippen LogP contribution in [0.5, 0.6) is 0 Å². The molecule has 3 aromatic rings. The molecule has 1 saturated heterocycles. The second-order valence-corrected chi connectivity index (χ2v) is 9.30. The highest BCUT2D eigenvalue weighted by Crippen LogP contribution is 2.22. The Morgan fingerprint density at radius 1 is 1.10 bits per heavy atom. The third-order valence-corrected chi connectivity index (χ3v) is 6.70. The predicted molar refractivity (Wildman–Crippen MR) is 112 cm³/mol. The third-order valence-electron chi connectivity index (χ3n) is 4.86. The average Bonchev–Trinajstić information content (AvgIpc) is 3.28. The number of amides is 1. The van der Waals surface area contributed by atoms with Gasteiger partial charge in [0.15, 0.2) is 0 Å². The average molecular weight is 443 g/mol. The first kappa shape index (κ1) is 21.1. The number of hydrogen-bond acceptors (Lipinski definition) is 7. The largest absolute Gasteiger partial charge is 0.373 e. The summed E-state index contributed by atoms with van der Waals surface area (Å²) in [5.74, 6) is -0.355. The van der Waals surface area contributed by atoms with Gasteiger partial charge in [-0.05, 0) is 66.7 Å². The van der Waals surface area contributed by atoms with Crippen molar-refractivity contribution in [2.45, 2.75) is 31.0 Å². The van der Waals surface area contributed by atoms with E-state index in [1.807, 2.05) is 13.8 Å². The number of carbonyl (C=O) groups excluding carboxylic acids is 1. The maximum Gasteiger partial charge on any atom is 0.255 e. The molecule has 2 aromatic carbocycles. The van der Waals surface area contributed by atoms with E-state index in [0.717, 1.165) is 0 Å². The van der Waals surface area contributed by atoms with Crippen molar-refractivity contribution in [2.24, 2.45) is 0 Å². The van der Waals surface area contributed by atoms with E-state index in [4.69, 9.17) is 4.74 Å². The number of tetrazole rings is 1. The molecule has 10 nitrogen and oxygen atoms in total. The first-order valence-electron chi connectivity index (χ1n) is 9.73. The number of sulfonamides is 1. The van der Waals surface area contributed by atoms with Crippen LogP contribution in [0.1, 0.15) is 24.2 Å². The minimum atomic E-state index is -3.66. The van der Waals surface area contributed by atoms with Gasteiger partial charge in [-0.2, -0.15) is 4.31 Å². The Balaban J connectivity index is 1.48. The summed E-state index contributed by atoms with van der Waals surface area (Å²) in [6, 6.07) is 12.9. The molecule has 1 N–H and O–H groups in total. The smallest absolute Gasteiger partial charge is 0.255 e. The Kier molecular flexibility index (Phi) is 5.81. The van der Waals surface area contributed by atoms with Crippen LogP contribution in [0.3, 0.4) is 0 Å². The van der Waals surface area contributed by atoms with Crippen molar-refractivity contribution in [3.05, 3.63) is 60.4 Å². The summed E-state index contributed by atoms with van der Waals surface area (Å²) < 4.78 is 34.4. The highest BCUT2D eigenvalue weighted by molar-refractivity contribution is 7.89. The van der Waals surface area contributed by atoms with E-state index in [9.17, 15) is 13.2 Å². The van der Waals surface area contributed by atoms with Gasteiger partial charge in [-0.3, -0.25) is 4.79 Å². The molecule has 1 aliphatic heterocycles. The van der Waals surface area contributed by atoms with Crippen LogP contribution in [0.4, 0.5) is 5.69 Å². The van der Waals surface area contributed by atoms with Gasteiger partial charge in [-0.1, -0.05) is 6.07 Å². The van der Waals surface area contributed by atoms with Crippen molar-refractivity contribution in [2.75, 3.05) is 18.4 Å². The molecule has 31 heavy (non-hydrogen) atoms. The quantitative estimate of drug-likeness (QED) is 0.639. The van der Waals surface area contributed by atoms with E-state index < -0.39 is 10.0 Å². The maximum absolute atomic E-state index is 13.0. The highest BCUT2D eigenvalue weighted by Gasteiger charge is 2.32. The molecule has 0 bridgehead atoms. The zero-order valence-electron chi connectivity index (χ0n) is 17.0. The molecule has 1 amide bonds.